The maximum absolute atomic E-state index is 12.6. The van der Waals surface area contributed by atoms with Crippen LogP contribution in [-0.4, -0.2) is 24.2 Å². The highest BCUT2D eigenvalue weighted by Crippen LogP contribution is 2.63. The number of hydrogen-bond acceptors (Lipinski definition) is 3. The summed E-state index contributed by atoms with van der Waals surface area (Å²) < 4.78 is 0. The molecule has 4 aliphatic carbocycles. The van der Waals surface area contributed by atoms with Crippen LogP contribution in [0.3, 0.4) is 0 Å². The van der Waals surface area contributed by atoms with Crippen LogP contribution < -0.4 is 5.32 Å². The van der Waals surface area contributed by atoms with Crippen LogP contribution in [0.4, 0.5) is 0 Å². The average molecular weight is 341 g/mol. The van der Waals surface area contributed by atoms with Gasteiger partial charge in [0.15, 0.2) is 5.78 Å². The van der Waals surface area contributed by atoms with Gasteiger partial charge in [0, 0.05) is 23.3 Å². The Morgan fingerprint density at radius 1 is 1.20 bits per heavy atom. The Hall–Kier alpha value is -1.22. The highest BCUT2D eigenvalue weighted by Gasteiger charge is 2.59. The zero-order chi connectivity index (χ0) is 17.8. The first-order valence-corrected chi connectivity index (χ1v) is 10.1. The number of fused-ring (bicyclic) bond motifs is 5. The van der Waals surface area contributed by atoms with Crippen LogP contribution in [-0.2, 0) is 9.59 Å². The Balaban J connectivity index is 1.73. The molecule has 1 N–H and O–H groups in total. The summed E-state index contributed by atoms with van der Waals surface area (Å²) in [7, 11) is 0. The molecule has 3 fully saturated rings. The van der Waals surface area contributed by atoms with E-state index in [2.05, 4.69) is 32.2 Å². The lowest BCUT2D eigenvalue weighted by atomic mass is 9.47. The van der Waals surface area contributed by atoms with Crippen molar-refractivity contribution in [1.82, 2.24) is 5.32 Å². The maximum atomic E-state index is 12.6. The van der Waals surface area contributed by atoms with Crippen molar-refractivity contribution in [3.05, 3.63) is 23.8 Å². The summed E-state index contributed by atoms with van der Waals surface area (Å²) in [6.07, 6.45) is 12.0. The second kappa shape index (κ2) is 5.90. The Bertz CT molecular complexity index is 663. The van der Waals surface area contributed by atoms with E-state index in [1.165, 1.54) is 5.57 Å². The normalized spacial score (nSPS) is 45.6. The van der Waals surface area contributed by atoms with E-state index in [-0.39, 0.29) is 22.7 Å². The van der Waals surface area contributed by atoms with Crippen molar-refractivity contribution in [3.63, 3.8) is 0 Å². The van der Waals surface area contributed by atoms with E-state index >= 15 is 0 Å². The molecule has 3 saturated carbocycles. The van der Waals surface area contributed by atoms with E-state index in [1.807, 2.05) is 6.08 Å². The zero-order valence-electron chi connectivity index (χ0n) is 15.8. The molecule has 25 heavy (non-hydrogen) atoms. The lowest BCUT2D eigenvalue weighted by Crippen LogP contribution is -2.55. The molecule has 0 heterocycles. The first kappa shape index (κ1) is 17.2. The van der Waals surface area contributed by atoms with Crippen LogP contribution in [0.2, 0.25) is 0 Å². The van der Waals surface area contributed by atoms with Gasteiger partial charge in [-0.3, -0.25) is 9.59 Å². The van der Waals surface area contributed by atoms with Crippen molar-refractivity contribution in [1.29, 1.82) is 0 Å². The topological polar surface area (TPSA) is 46.2 Å². The van der Waals surface area contributed by atoms with E-state index in [0.29, 0.717) is 23.5 Å². The van der Waals surface area contributed by atoms with Gasteiger partial charge in [-0.25, -0.2) is 0 Å². The molecule has 0 aromatic rings. The Morgan fingerprint density at radius 2 is 2.00 bits per heavy atom. The fraction of sp³-hybridized carbons (Fsp3) is 0.727. The largest absolute Gasteiger partial charge is 0.310 e. The summed E-state index contributed by atoms with van der Waals surface area (Å²) in [5.41, 5.74) is 1.17. The molecule has 0 bridgehead atoms. The first-order valence-electron chi connectivity index (χ1n) is 10.1. The molecule has 0 aliphatic heterocycles. The number of Topliss-reactive ketones (excluding diaryl/α,β-unsaturated/α-hetero) is 1. The minimum Gasteiger partial charge on any atom is -0.310 e. The number of carbonyl (C=O) groups excluding carboxylic acids is 2. The molecule has 136 valence electrons. The Labute approximate surface area is 151 Å². The van der Waals surface area contributed by atoms with Gasteiger partial charge in [0.1, 0.15) is 5.78 Å². The SMILES string of the molecule is CCCN[C@H]1C[C@@H]2[C@H](CC[C@]3(C)C(=O)CC[C@@H]23)[C@@]2(C)C=CC(=O)C=C12. The lowest BCUT2D eigenvalue weighted by molar-refractivity contribution is -0.131. The minimum atomic E-state index is -0.0950. The quantitative estimate of drug-likeness (QED) is 0.848. The van der Waals surface area contributed by atoms with Gasteiger partial charge in [-0.2, -0.15) is 0 Å². The summed E-state index contributed by atoms with van der Waals surface area (Å²) in [5.74, 6) is 2.29. The number of ketones is 2. The van der Waals surface area contributed by atoms with E-state index < -0.39 is 0 Å². The molecule has 0 amide bonds. The molecule has 0 radical (unpaired) electrons. The van der Waals surface area contributed by atoms with E-state index in [0.717, 1.165) is 45.1 Å². The van der Waals surface area contributed by atoms with Crippen LogP contribution >= 0.6 is 0 Å². The highest BCUT2D eigenvalue weighted by molar-refractivity contribution is 6.01. The number of rotatable bonds is 3. The smallest absolute Gasteiger partial charge is 0.178 e. The zero-order valence-corrected chi connectivity index (χ0v) is 15.8. The second-order valence-electron chi connectivity index (χ2n) is 9.16. The third-order valence-corrected chi connectivity index (χ3v) is 7.95. The van der Waals surface area contributed by atoms with Crippen molar-refractivity contribution in [2.75, 3.05) is 6.54 Å². The van der Waals surface area contributed by atoms with Crippen molar-refractivity contribution >= 4 is 11.6 Å². The first-order chi connectivity index (χ1) is 11.9. The van der Waals surface area contributed by atoms with Crippen molar-refractivity contribution in [3.8, 4) is 0 Å². The molecule has 3 nitrogen and oxygen atoms in total. The Kier molecular flexibility index (Phi) is 4.06. The minimum absolute atomic E-state index is 0.0325. The molecule has 4 rings (SSSR count). The van der Waals surface area contributed by atoms with Crippen LogP contribution in [0.25, 0.3) is 0 Å². The molecular weight excluding hydrogens is 310 g/mol. The second-order valence-corrected chi connectivity index (χ2v) is 9.16. The number of allylic oxidation sites excluding steroid dienone is 3. The number of nitrogens with one attached hydrogen (secondary N) is 1. The molecule has 0 aromatic heterocycles. The molecule has 4 aliphatic rings. The van der Waals surface area contributed by atoms with Gasteiger partial charge in [0.05, 0.1) is 0 Å². The highest BCUT2D eigenvalue weighted by atomic mass is 16.1. The van der Waals surface area contributed by atoms with E-state index in [1.54, 1.807) is 6.08 Å². The van der Waals surface area contributed by atoms with Crippen LogP contribution in [0.15, 0.2) is 23.8 Å². The monoisotopic (exact) mass is 341 g/mol. The average Bonchev–Trinajstić information content (AvgIpc) is 2.89. The van der Waals surface area contributed by atoms with Gasteiger partial charge in [-0.15, -0.1) is 0 Å². The van der Waals surface area contributed by atoms with E-state index in [4.69, 9.17) is 0 Å². The third kappa shape index (κ3) is 2.42. The van der Waals surface area contributed by atoms with Gasteiger partial charge >= 0.3 is 0 Å². The van der Waals surface area contributed by atoms with Gasteiger partial charge in [0.2, 0.25) is 0 Å². The summed E-state index contributed by atoms with van der Waals surface area (Å²) in [6, 6.07) is 0.276. The summed E-state index contributed by atoms with van der Waals surface area (Å²) in [4.78, 5) is 24.7. The summed E-state index contributed by atoms with van der Waals surface area (Å²) in [6.45, 7) is 7.73. The van der Waals surface area contributed by atoms with Crippen molar-refractivity contribution in [2.45, 2.75) is 65.3 Å². The Morgan fingerprint density at radius 3 is 2.76 bits per heavy atom. The van der Waals surface area contributed by atoms with E-state index in [9.17, 15) is 9.59 Å². The molecule has 6 atom stereocenters. The molecule has 0 unspecified atom stereocenters. The van der Waals surface area contributed by atoms with Gasteiger partial charge in [-0.05, 0) is 74.1 Å². The fourth-order valence-electron chi connectivity index (χ4n) is 6.56. The van der Waals surface area contributed by atoms with Gasteiger partial charge in [0.25, 0.3) is 0 Å². The van der Waals surface area contributed by atoms with Crippen LogP contribution in [0, 0.1) is 28.6 Å². The predicted molar refractivity (Wildman–Crippen MR) is 99.1 cm³/mol. The number of hydrogen-bond donors (Lipinski definition) is 1. The molecule has 0 saturated heterocycles. The van der Waals surface area contributed by atoms with Crippen molar-refractivity contribution < 1.29 is 9.59 Å². The summed E-state index contributed by atoms with van der Waals surface area (Å²) >= 11 is 0. The maximum Gasteiger partial charge on any atom is 0.178 e. The van der Waals surface area contributed by atoms with Gasteiger partial charge < -0.3 is 5.32 Å². The lowest BCUT2D eigenvalue weighted by Gasteiger charge is -2.57. The molecular formula is C22H31NO2. The number of carbonyl (C=O) groups is 2. The van der Waals surface area contributed by atoms with Gasteiger partial charge in [-0.1, -0.05) is 26.8 Å². The summed E-state index contributed by atoms with van der Waals surface area (Å²) in [5, 5.41) is 3.71. The molecule has 0 spiro atoms. The molecule has 0 aromatic carbocycles. The third-order valence-electron chi connectivity index (χ3n) is 7.95. The van der Waals surface area contributed by atoms with Crippen LogP contribution in [0.5, 0.6) is 0 Å². The predicted octanol–water partition coefficient (Wildman–Crippen LogP) is 3.84. The van der Waals surface area contributed by atoms with Crippen LogP contribution in [0.1, 0.15) is 59.3 Å². The molecule has 3 heteroatoms. The van der Waals surface area contributed by atoms with Crippen molar-refractivity contribution in [2.24, 2.45) is 28.6 Å². The standard InChI is InChI=1S/C22H31NO2/c1-4-11-23-19-13-15-16-5-6-20(25)22(16,3)10-8-17(15)21(2)9-7-14(24)12-18(19)21/h7,9,12,15-17,19,23H,4-6,8,10-11,13H2,1-3H3/t15-,16-,17-,19-,21+,22-/m0/s1. The fourth-order valence-corrected chi connectivity index (χ4v) is 6.56.